The third-order valence-electron chi connectivity index (χ3n) is 5.26. The highest BCUT2D eigenvalue weighted by molar-refractivity contribution is 5.95. The molecule has 8 heteroatoms. The molecule has 4 heterocycles. The van der Waals surface area contributed by atoms with E-state index >= 15 is 0 Å². The number of aromatic amines is 1. The molecule has 1 saturated heterocycles. The Labute approximate surface area is 151 Å². The zero-order valence-electron chi connectivity index (χ0n) is 14.9. The maximum Gasteiger partial charge on any atom is 0.289 e. The van der Waals surface area contributed by atoms with Gasteiger partial charge in [-0.05, 0) is 18.7 Å². The molecule has 0 spiro atoms. The Balaban J connectivity index is 1.50. The molecule has 2 amide bonds. The van der Waals surface area contributed by atoms with Crippen LogP contribution in [0.4, 0.5) is 0 Å². The first-order chi connectivity index (χ1) is 12.7. The molecule has 2 aromatic heterocycles. The third kappa shape index (κ3) is 3.01. The van der Waals surface area contributed by atoms with Gasteiger partial charge in [-0.2, -0.15) is 5.10 Å². The Bertz CT molecular complexity index is 790. The zero-order chi connectivity index (χ0) is 18.1. The van der Waals surface area contributed by atoms with Gasteiger partial charge >= 0.3 is 0 Å². The van der Waals surface area contributed by atoms with E-state index in [1.807, 2.05) is 4.90 Å². The average molecular weight is 357 g/mol. The van der Waals surface area contributed by atoms with Gasteiger partial charge in [-0.25, -0.2) is 0 Å². The van der Waals surface area contributed by atoms with Crippen LogP contribution in [0.2, 0.25) is 0 Å². The molecule has 8 nitrogen and oxygen atoms in total. The predicted octanol–water partition coefficient (Wildman–Crippen LogP) is 0.979. The summed E-state index contributed by atoms with van der Waals surface area (Å²) < 4.78 is 5.22. The summed E-state index contributed by atoms with van der Waals surface area (Å²) in [5, 5.41) is 7.27. The molecule has 0 aromatic carbocycles. The number of amides is 2. The quantitative estimate of drug-likeness (QED) is 0.885. The summed E-state index contributed by atoms with van der Waals surface area (Å²) in [5.74, 6) is 0.114. The molecule has 0 bridgehead atoms. The predicted molar refractivity (Wildman–Crippen MR) is 93.8 cm³/mol. The highest BCUT2D eigenvalue weighted by Crippen LogP contribution is 2.23. The molecule has 0 aliphatic carbocycles. The molecule has 1 N–H and O–H groups in total. The van der Waals surface area contributed by atoms with Crippen molar-refractivity contribution in [2.75, 3.05) is 39.3 Å². The van der Waals surface area contributed by atoms with Gasteiger partial charge in [-0.1, -0.05) is 6.92 Å². The second kappa shape index (κ2) is 6.95. The largest absolute Gasteiger partial charge is 0.459 e. The molecule has 2 aliphatic heterocycles. The van der Waals surface area contributed by atoms with Crippen LogP contribution in [0.15, 0.2) is 22.8 Å². The summed E-state index contributed by atoms with van der Waals surface area (Å²) in [7, 11) is 0. The fourth-order valence-corrected chi connectivity index (χ4v) is 3.62. The lowest BCUT2D eigenvalue weighted by molar-refractivity contribution is 0.0627. The highest BCUT2D eigenvalue weighted by Gasteiger charge is 2.31. The molecule has 0 radical (unpaired) electrons. The number of fused-ring (bicyclic) bond motifs is 1. The second-order valence-electron chi connectivity index (χ2n) is 6.71. The van der Waals surface area contributed by atoms with E-state index in [4.69, 9.17) is 4.42 Å². The van der Waals surface area contributed by atoms with Crippen LogP contribution in [-0.2, 0) is 13.0 Å². The Morgan fingerprint density at radius 1 is 1.15 bits per heavy atom. The molecule has 26 heavy (non-hydrogen) atoms. The molecule has 4 rings (SSSR count). The average Bonchev–Trinajstić information content (AvgIpc) is 3.36. The smallest absolute Gasteiger partial charge is 0.289 e. The molecule has 0 unspecified atom stereocenters. The maximum atomic E-state index is 12.9. The Kier molecular flexibility index (Phi) is 4.50. The van der Waals surface area contributed by atoms with Gasteiger partial charge in [0.1, 0.15) is 0 Å². The van der Waals surface area contributed by atoms with Gasteiger partial charge in [-0.15, -0.1) is 0 Å². The Hall–Kier alpha value is -2.61. The van der Waals surface area contributed by atoms with Crippen LogP contribution in [-0.4, -0.2) is 76.0 Å². The first-order valence-electron chi connectivity index (χ1n) is 9.08. The van der Waals surface area contributed by atoms with Crippen molar-refractivity contribution in [3.63, 3.8) is 0 Å². The first-order valence-corrected chi connectivity index (χ1v) is 9.08. The number of likely N-dealkylation sites (N-methyl/N-ethyl adjacent to an activating group) is 1. The lowest BCUT2D eigenvalue weighted by atomic mass is 10.0. The van der Waals surface area contributed by atoms with Crippen LogP contribution in [0.1, 0.15) is 39.2 Å². The molecule has 0 atom stereocenters. The standard InChI is InChI=1S/C18H23N5O3/c1-2-21-7-9-22(10-8-21)18(25)16-13-12-23(6-5-14(13)19-20-16)17(24)15-4-3-11-26-15/h3-4,11H,2,5-10,12H2,1H3,(H,19,20). The molecular weight excluding hydrogens is 334 g/mol. The summed E-state index contributed by atoms with van der Waals surface area (Å²) in [6, 6.07) is 3.36. The van der Waals surface area contributed by atoms with Gasteiger partial charge < -0.3 is 19.1 Å². The fraction of sp³-hybridized carbons (Fsp3) is 0.500. The number of furan rings is 1. The van der Waals surface area contributed by atoms with Gasteiger partial charge in [0, 0.05) is 50.4 Å². The van der Waals surface area contributed by atoms with Crippen LogP contribution in [0.5, 0.6) is 0 Å². The van der Waals surface area contributed by atoms with Gasteiger partial charge in [0.25, 0.3) is 11.8 Å². The van der Waals surface area contributed by atoms with Crippen molar-refractivity contribution in [1.82, 2.24) is 24.9 Å². The topological polar surface area (TPSA) is 85.7 Å². The second-order valence-corrected chi connectivity index (χ2v) is 6.71. The lowest BCUT2D eigenvalue weighted by Crippen LogP contribution is -2.48. The van der Waals surface area contributed by atoms with Crippen LogP contribution in [0.3, 0.4) is 0 Å². The van der Waals surface area contributed by atoms with E-state index < -0.39 is 0 Å². The van der Waals surface area contributed by atoms with E-state index in [9.17, 15) is 9.59 Å². The number of carbonyl (C=O) groups excluding carboxylic acids is 2. The number of nitrogens with zero attached hydrogens (tertiary/aromatic N) is 4. The number of rotatable bonds is 3. The van der Waals surface area contributed by atoms with Gasteiger partial charge in [0.15, 0.2) is 11.5 Å². The normalized spacial score (nSPS) is 18.0. The highest BCUT2D eigenvalue weighted by atomic mass is 16.3. The van der Waals surface area contributed by atoms with Crippen LogP contribution in [0, 0.1) is 0 Å². The van der Waals surface area contributed by atoms with Crippen molar-refractivity contribution in [3.8, 4) is 0 Å². The molecule has 2 aliphatic rings. The number of hydrogen-bond donors (Lipinski definition) is 1. The van der Waals surface area contributed by atoms with Gasteiger partial charge in [0.05, 0.1) is 12.8 Å². The van der Waals surface area contributed by atoms with Crippen molar-refractivity contribution in [3.05, 3.63) is 41.1 Å². The molecule has 0 saturated carbocycles. The molecule has 138 valence electrons. The first kappa shape index (κ1) is 16.8. The summed E-state index contributed by atoms with van der Waals surface area (Å²) in [5.41, 5.74) is 2.23. The number of carbonyl (C=O) groups is 2. The van der Waals surface area contributed by atoms with Gasteiger partial charge in [0.2, 0.25) is 0 Å². The van der Waals surface area contributed by atoms with Gasteiger partial charge in [-0.3, -0.25) is 14.7 Å². The third-order valence-corrected chi connectivity index (χ3v) is 5.26. The van der Waals surface area contributed by atoms with Crippen LogP contribution < -0.4 is 0 Å². The Morgan fingerprint density at radius 2 is 1.96 bits per heavy atom. The molecule has 1 fully saturated rings. The number of aromatic nitrogens is 2. The van der Waals surface area contributed by atoms with E-state index in [2.05, 4.69) is 22.0 Å². The van der Waals surface area contributed by atoms with Crippen molar-refractivity contribution in [2.45, 2.75) is 19.9 Å². The minimum absolute atomic E-state index is 0.0504. The monoisotopic (exact) mass is 357 g/mol. The maximum absolute atomic E-state index is 12.9. The zero-order valence-corrected chi connectivity index (χ0v) is 14.9. The van der Waals surface area contributed by atoms with E-state index in [-0.39, 0.29) is 11.8 Å². The minimum Gasteiger partial charge on any atom is -0.459 e. The van der Waals surface area contributed by atoms with Crippen molar-refractivity contribution in [2.24, 2.45) is 0 Å². The SMILES string of the molecule is CCN1CCN(C(=O)c2n[nH]c3c2CN(C(=O)c2ccco2)CC3)CC1. The van der Waals surface area contributed by atoms with Crippen molar-refractivity contribution >= 4 is 11.8 Å². The number of nitrogens with one attached hydrogen (secondary N) is 1. The van der Waals surface area contributed by atoms with Crippen LogP contribution in [0.25, 0.3) is 0 Å². The Morgan fingerprint density at radius 3 is 2.65 bits per heavy atom. The summed E-state index contributed by atoms with van der Waals surface area (Å²) in [6.45, 7) is 7.29. The summed E-state index contributed by atoms with van der Waals surface area (Å²) >= 11 is 0. The summed E-state index contributed by atoms with van der Waals surface area (Å²) in [6.07, 6.45) is 2.15. The minimum atomic E-state index is -0.156. The van der Waals surface area contributed by atoms with E-state index in [0.717, 1.165) is 30.9 Å². The van der Waals surface area contributed by atoms with Crippen molar-refractivity contribution < 1.29 is 14.0 Å². The molecule has 2 aromatic rings. The van der Waals surface area contributed by atoms with E-state index in [1.165, 1.54) is 6.26 Å². The lowest BCUT2D eigenvalue weighted by Gasteiger charge is -2.34. The summed E-state index contributed by atoms with van der Waals surface area (Å²) in [4.78, 5) is 31.4. The van der Waals surface area contributed by atoms with Crippen molar-refractivity contribution in [1.29, 1.82) is 0 Å². The number of H-pyrrole nitrogens is 1. The fourth-order valence-electron chi connectivity index (χ4n) is 3.62. The van der Waals surface area contributed by atoms with E-state index in [1.54, 1.807) is 17.0 Å². The van der Waals surface area contributed by atoms with Crippen LogP contribution >= 0.6 is 0 Å². The number of piperazine rings is 1. The number of hydrogen-bond acceptors (Lipinski definition) is 5. The van der Waals surface area contributed by atoms with E-state index in [0.29, 0.717) is 44.1 Å². The molecular formula is C18H23N5O3.